The second kappa shape index (κ2) is 8.78. The molecule has 0 aliphatic carbocycles. The summed E-state index contributed by atoms with van der Waals surface area (Å²) in [5, 5.41) is 2.89. The van der Waals surface area contributed by atoms with Crippen LogP contribution in [0.5, 0.6) is 0 Å². The number of benzene rings is 2. The van der Waals surface area contributed by atoms with Crippen molar-refractivity contribution in [2.45, 2.75) is 39.2 Å². The molecule has 0 fully saturated rings. The first kappa shape index (κ1) is 18.4. The molecule has 0 aliphatic rings. The molecule has 2 rings (SSSR count). The van der Waals surface area contributed by atoms with Gasteiger partial charge in [-0.3, -0.25) is 9.59 Å². The van der Waals surface area contributed by atoms with Gasteiger partial charge in [-0.05, 0) is 42.7 Å². The molecule has 2 aromatic rings. The van der Waals surface area contributed by atoms with Crippen molar-refractivity contribution in [1.82, 2.24) is 5.32 Å². The average Bonchev–Trinajstić information content (AvgIpc) is 2.58. The number of hydrogen-bond acceptors (Lipinski definition) is 2. The van der Waals surface area contributed by atoms with E-state index in [1.807, 2.05) is 42.5 Å². The highest BCUT2D eigenvalue weighted by Crippen LogP contribution is 2.27. The van der Waals surface area contributed by atoms with Crippen molar-refractivity contribution in [2.75, 3.05) is 0 Å². The molecule has 4 heteroatoms. The van der Waals surface area contributed by atoms with E-state index < -0.39 is 6.04 Å². The van der Waals surface area contributed by atoms with E-state index in [-0.39, 0.29) is 11.7 Å². The van der Waals surface area contributed by atoms with Gasteiger partial charge in [0, 0.05) is 10.0 Å². The van der Waals surface area contributed by atoms with Gasteiger partial charge in [0.05, 0.1) is 6.04 Å². The first-order valence-corrected chi connectivity index (χ1v) is 8.98. The van der Waals surface area contributed by atoms with Crippen molar-refractivity contribution >= 4 is 27.6 Å². The number of nitrogens with one attached hydrogen (secondary N) is 1. The SMILES string of the molecule is CCCC[C@H](NC(=O)c1ccc(Br)cc1-c1ccccc1)C(C)=O. The Morgan fingerprint density at radius 1 is 1.12 bits per heavy atom. The first-order valence-electron chi connectivity index (χ1n) is 8.19. The van der Waals surface area contributed by atoms with Gasteiger partial charge in [-0.15, -0.1) is 0 Å². The van der Waals surface area contributed by atoms with E-state index in [1.54, 1.807) is 6.07 Å². The van der Waals surface area contributed by atoms with E-state index in [9.17, 15) is 9.59 Å². The van der Waals surface area contributed by atoms with Gasteiger partial charge in [0.2, 0.25) is 0 Å². The van der Waals surface area contributed by atoms with Crippen LogP contribution in [0.15, 0.2) is 53.0 Å². The Balaban J connectivity index is 2.31. The summed E-state index contributed by atoms with van der Waals surface area (Å²) >= 11 is 3.47. The monoisotopic (exact) mass is 387 g/mol. The summed E-state index contributed by atoms with van der Waals surface area (Å²) in [6, 6.07) is 14.9. The standard InChI is InChI=1S/C20H22BrNO2/c1-3-4-10-19(14(2)23)22-20(24)17-12-11-16(21)13-18(17)15-8-6-5-7-9-15/h5-9,11-13,19H,3-4,10H2,1-2H3,(H,22,24)/t19-/m0/s1. The second-order valence-corrected chi connectivity index (χ2v) is 6.75. The summed E-state index contributed by atoms with van der Waals surface area (Å²) in [5.41, 5.74) is 2.39. The van der Waals surface area contributed by atoms with Crippen molar-refractivity contribution in [3.05, 3.63) is 58.6 Å². The molecule has 1 amide bonds. The van der Waals surface area contributed by atoms with Crippen LogP contribution in [0.3, 0.4) is 0 Å². The summed E-state index contributed by atoms with van der Waals surface area (Å²) in [5.74, 6) is -0.215. The Labute approximate surface area is 151 Å². The summed E-state index contributed by atoms with van der Waals surface area (Å²) in [6.45, 7) is 3.60. The van der Waals surface area contributed by atoms with E-state index in [1.165, 1.54) is 6.92 Å². The van der Waals surface area contributed by atoms with Crippen LogP contribution in [-0.2, 0) is 4.79 Å². The van der Waals surface area contributed by atoms with E-state index in [0.717, 1.165) is 28.4 Å². The van der Waals surface area contributed by atoms with E-state index in [4.69, 9.17) is 0 Å². The van der Waals surface area contributed by atoms with Gasteiger partial charge in [0.15, 0.2) is 5.78 Å². The summed E-state index contributed by atoms with van der Waals surface area (Å²) in [7, 11) is 0. The summed E-state index contributed by atoms with van der Waals surface area (Å²) < 4.78 is 0.909. The summed E-state index contributed by atoms with van der Waals surface area (Å²) in [6.07, 6.45) is 2.58. The van der Waals surface area contributed by atoms with Gasteiger partial charge >= 0.3 is 0 Å². The fourth-order valence-corrected chi connectivity index (χ4v) is 2.95. The predicted octanol–water partition coefficient (Wildman–Crippen LogP) is 4.99. The quantitative estimate of drug-likeness (QED) is 0.726. The van der Waals surface area contributed by atoms with Crippen LogP contribution in [0.1, 0.15) is 43.5 Å². The van der Waals surface area contributed by atoms with Crippen LogP contribution in [-0.4, -0.2) is 17.7 Å². The maximum absolute atomic E-state index is 12.7. The molecule has 0 heterocycles. The van der Waals surface area contributed by atoms with Gasteiger partial charge in [-0.25, -0.2) is 0 Å². The Morgan fingerprint density at radius 3 is 2.46 bits per heavy atom. The zero-order chi connectivity index (χ0) is 17.5. The molecule has 3 nitrogen and oxygen atoms in total. The van der Waals surface area contributed by atoms with Crippen molar-refractivity contribution in [3.63, 3.8) is 0 Å². The van der Waals surface area contributed by atoms with Crippen molar-refractivity contribution in [1.29, 1.82) is 0 Å². The topological polar surface area (TPSA) is 46.2 Å². The molecular weight excluding hydrogens is 366 g/mol. The number of carbonyl (C=O) groups excluding carboxylic acids is 2. The Hall–Kier alpha value is -1.94. The second-order valence-electron chi connectivity index (χ2n) is 5.83. The molecule has 0 saturated carbocycles. The molecule has 1 atom stereocenters. The lowest BCUT2D eigenvalue weighted by atomic mass is 9.98. The van der Waals surface area contributed by atoms with E-state index in [0.29, 0.717) is 12.0 Å². The highest BCUT2D eigenvalue weighted by atomic mass is 79.9. The third-order valence-electron chi connectivity index (χ3n) is 3.95. The highest BCUT2D eigenvalue weighted by molar-refractivity contribution is 9.10. The van der Waals surface area contributed by atoms with Gasteiger partial charge in [-0.2, -0.15) is 0 Å². The van der Waals surface area contributed by atoms with Crippen LogP contribution in [0.2, 0.25) is 0 Å². The lowest BCUT2D eigenvalue weighted by Crippen LogP contribution is -2.39. The molecule has 0 aliphatic heterocycles. The molecule has 24 heavy (non-hydrogen) atoms. The van der Waals surface area contributed by atoms with Crippen LogP contribution in [0.25, 0.3) is 11.1 Å². The fraction of sp³-hybridized carbons (Fsp3) is 0.300. The molecule has 0 bridgehead atoms. The summed E-state index contributed by atoms with van der Waals surface area (Å²) in [4.78, 5) is 24.6. The Bertz CT molecular complexity index is 713. The molecule has 1 N–H and O–H groups in total. The molecule has 0 saturated heterocycles. The van der Waals surface area contributed by atoms with Gasteiger partial charge in [-0.1, -0.05) is 66.0 Å². The minimum absolute atomic E-state index is 0.00447. The number of carbonyl (C=O) groups is 2. The Morgan fingerprint density at radius 2 is 1.83 bits per heavy atom. The van der Waals surface area contributed by atoms with E-state index in [2.05, 4.69) is 28.2 Å². The molecule has 0 aromatic heterocycles. The normalized spacial score (nSPS) is 11.8. The average molecular weight is 388 g/mol. The van der Waals surface area contributed by atoms with Gasteiger partial charge in [0.25, 0.3) is 5.91 Å². The number of amides is 1. The van der Waals surface area contributed by atoms with Crippen molar-refractivity contribution in [2.24, 2.45) is 0 Å². The van der Waals surface area contributed by atoms with Crippen LogP contribution >= 0.6 is 15.9 Å². The lowest BCUT2D eigenvalue weighted by Gasteiger charge is -2.17. The zero-order valence-electron chi connectivity index (χ0n) is 14.0. The number of unbranched alkanes of at least 4 members (excludes halogenated alkanes) is 1. The lowest BCUT2D eigenvalue weighted by molar-refractivity contribution is -0.119. The van der Waals surface area contributed by atoms with Gasteiger partial charge < -0.3 is 5.32 Å². The van der Waals surface area contributed by atoms with Crippen molar-refractivity contribution in [3.8, 4) is 11.1 Å². The van der Waals surface area contributed by atoms with Crippen LogP contribution < -0.4 is 5.32 Å². The minimum Gasteiger partial charge on any atom is -0.342 e. The molecule has 0 radical (unpaired) electrons. The fourth-order valence-electron chi connectivity index (χ4n) is 2.59. The number of hydrogen-bond donors (Lipinski definition) is 1. The van der Waals surface area contributed by atoms with E-state index >= 15 is 0 Å². The third kappa shape index (κ3) is 4.78. The molecule has 126 valence electrons. The molecule has 2 aromatic carbocycles. The number of ketones is 1. The minimum atomic E-state index is -0.426. The highest BCUT2D eigenvalue weighted by Gasteiger charge is 2.20. The third-order valence-corrected chi connectivity index (χ3v) is 4.45. The largest absolute Gasteiger partial charge is 0.342 e. The number of halogens is 1. The Kier molecular flexibility index (Phi) is 6.73. The number of Topliss-reactive ketones (excluding diaryl/α,β-unsaturated/α-hetero) is 1. The van der Waals surface area contributed by atoms with Gasteiger partial charge in [0.1, 0.15) is 0 Å². The van der Waals surface area contributed by atoms with Crippen molar-refractivity contribution < 1.29 is 9.59 Å². The molecule has 0 unspecified atom stereocenters. The maximum atomic E-state index is 12.7. The van der Waals surface area contributed by atoms with Crippen LogP contribution in [0.4, 0.5) is 0 Å². The predicted molar refractivity (Wildman–Crippen MR) is 101 cm³/mol. The van der Waals surface area contributed by atoms with Crippen LogP contribution in [0, 0.1) is 0 Å². The first-order chi connectivity index (χ1) is 11.5. The zero-order valence-corrected chi connectivity index (χ0v) is 15.6. The molecule has 0 spiro atoms. The molecular formula is C20H22BrNO2. The number of rotatable bonds is 7. The maximum Gasteiger partial charge on any atom is 0.252 e. The smallest absolute Gasteiger partial charge is 0.252 e.